The molecule has 1 saturated carbocycles. The molecule has 2 nitrogen and oxygen atoms in total. The molecule has 0 heterocycles. The van der Waals surface area contributed by atoms with Gasteiger partial charge in [0.1, 0.15) is 11.6 Å². The Labute approximate surface area is 165 Å². The Morgan fingerprint density at radius 3 is 2.00 bits per heavy atom. The third-order valence-corrected chi connectivity index (χ3v) is 5.03. The first-order valence-electron chi connectivity index (χ1n) is 7.63. The minimum Gasteiger partial charge on any atom is -0.460 e. The van der Waals surface area contributed by atoms with Crippen molar-refractivity contribution in [2.24, 2.45) is 17.3 Å². The molecule has 0 bridgehead atoms. The highest BCUT2D eigenvalue weighted by Crippen LogP contribution is 2.60. The Bertz CT molecular complexity index is 792. The van der Waals surface area contributed by atoms with Gasteiger partial charge in [-0.2, -0.15) is 13.2 Å². The second-order valence-electron chi connectivity index (χ2n) is 6.80. The molecule has 0 aromatic heterocycles. The predicted molar refractivity (Wildman–Crippen MR) is 92.9 cm³/mol. The molecule has 1 aliphatic carbocycles. The van der Waals surface area contributed by atoms with Crippen molar-refractivity contribution in [2.75, 3.05) is 0 Å². The van der Waals surface area contributed by atoms with E-state index >= 15 is 0 Å². The first-order valence-corrected chi connectivity index (χ1v) is 8.01. The van der Waals surface area contributed by atoms with Crippen LogP contribution in [0.3, 0.4) is 0 Å². The summed E-state index contributed by atoms with van der Waals surface area (Å²) in [6.45, 7) is 2.68. The summed E-state index contributed by atoms with van der Waals surface area (Å²) in [6.07, 6.45) is -4.11. The van der Waals surface area contributed by atoms with Crippen LogP contribution in [0.15, 0.2) is 11.1 Å². The summed E-state index contributed by atoms with van der Waals surface area (Å²) >= 11 is 5.15. The Morgan fingerprint density at radius 1 is 1.11 bits per heavy atom. The zero-order chi connectivity index (χ0) is 20.9. The van der Waals surface area contributed by atoms with Crippen molar-refractivity contribution < 1.29 is 40.3 Å². The number of allylic oxidation sites excluding steroid dienone is 2. The molecule has 0 spiro atoms. The minimum absolute atomic E-state index is 0. The average Bonchev–Trinajstić information content (AvgIpc) is 3.10. The maximum atomic E-state index is 13.8. The number of carbonyl (C=O) groups excluding carboxylic acids is 1. The van der Waals surface area contributed by atoms with Crippen molar-refractivity contribution in [1.29, 1.82) is 0 Å². The van der Waals surface area contributed by atoms with Crippen LogP contribution in [0.1, 0.15) is 25.0 Å². The lowest BCUT2D eigenvalue weighted by Gasteiger charge is -2.10. The van der Waals surface area contributed by atoms with Gasteiger partial charge in [0.15, 0.2) is 23.3 Å². The lowest BCUT2D eigenvalue weighted by atomic mass is 10.1. The van der Waals surface area contributed by atoms with Gasteiger partial charge in [-0.3, -0.25) is 4.79 Å². The number of carbonyl (C=O) groups is 1. The highest BCUT2D eigenvalue weighted by Gasteiger charge is 2.62. The number of halogens is 8. The maximum Gasteiger partial charge on any atom is 0.426 e. The van der Waals surface area contributed by atoms with Crippen LogP contribution in [0.25, 0.3) is 0 Å². The molecule has 0 N–H and O–H groups in total. The zero-order valence-corrected chi connectivity index (χ0v) is 15.0. The molecule has 2 atom stereocenters. The van der Waals surface area contributed by atoms with Crippen LogP contribution in [-0.4, -0.2) is 23.1 Å². The summed E-state index contributed by atoms with van der Waals surface area (Å²) in [5.74, 6) is -9.68. The van der Waals surface area contributed by atoms with Gasteiger partial charge in [-0.25, -0.2) is 17.6 Å². The number of hydrogen-bond acceptors (Lipinski definition) is 2. The van der Waals surface area contributed by atoms with Crippen molar-refractivity contribution in [3.8, 4) is 0 Å². The number of rotatable bonds is 4. The fraction of sp³-hybridized carbons (Fsp3) is 0.471. The second-order valence-corrected chi connectivity index (χ2v) is 7.21. The summed E-state index contributed by atoms with van der Waals surface area (Å²) in [6, 6.07) is 0. The van der Waals surface area contributed by atoms with Gasteiger partial charge in [0.25, 0.3) is 0 Å². The number of esters is 1. The third-order valence-electron chi connectivity index (χ3n) is 4.69. The smallest absolute Gasteiger partial charge is 0.426 e. The van der Waals surface area contributed by atoms with Crippen LogP contribution in [-0.2, 0) is 16.1 Å². The van der Waals surface area contributed by atoms with E-state index in [1.54, 1.807) is 0 Å². The summed E-state index contributed by atoms with van der Waals surface area (Å²) in [7, 11) is 0. The summed E-state index contributed by atoms with van der Waals surface area (Å²) in [4.78, 5) is 12.1. The topological polar surface area (TPSA) is 26.3 Å². The van der Waals surface area contributed by atoms with Gasteiger partial charge in [0, 0.05) is 5.56 Å². The standard InChI is InChI=1S/C17H14ClF7O2.H4Si/c1-6-11(19)13(21)7(14(22)12(6)20)5-27-15(26)10-8(16(10,2)3)4-9(18)17(23,24)25;/h4,8,10H,5H2,1-3H3;1H4/b9-4-;. The van der Waals surface area contributed by atoms with Crippen LogP contribution < -0.4 is 0 Å². The molecule has 2 rings (SSSR count). The molecule has 0 radical (unpaired) electrons. The lowest BCUT2D eigenvalue weighted by Crippen LogP contribution is -2.14. The molecular weight excluding hydrogens is 433 g/mol. The summed E-state index contributed by atoms with van der Waals surface area (Å²) in [5, 5.41) is -1.41. The fourth-order valence-corrected chi connectivity index (χ4v) is 2.97. The number of benzene rings is 1. The molecule has 158 valence electrons. The molecule has 0 amide bonds. The zero-order valence-electron chi connectivity index (χ0n) is 14.3. The molecule has 0 saturated heterocycles. The van der Waals surface area contributed by atoms with Gasteiger partial charge in [-0.15, -0.1) is 0 Å². The van der Waals surface area contributed by atoms with E-state index in [0.717, 1.165) is 6.92 Å². The van der Waals surface area contributed by atoms with Crippen LogP contribution in [0.4, 0.5) is 30.7 Å². The molecule has 1 aromatic carbocycles. The van der Waals surface area contributed by atoms with E-state index in [1.165, 1.54) is 13.8 Å². The van der Waals surface area contributed by atoms with Crippen molar-refractivity contribution in [1.82, 2.24) is 0 Å². The lowest BCUT2D eigenvalue weighted by molar-refractivity contribution is -0.147. The molecule has 2 unspecified atom stereocenters. The summed E-state index contributed by atoms with van der Waals surface area (Å²) < 4.78 is 96.8. The van der Waals surface area contributed by atoms with Gasteiger partial charge in [-0.05, 0) is 29.2 Å². The van der Waals surface area contributed by atoms with E-state index in [1.807, 2.05) is 0 Å². The van der Waals surface area contributed by atoms with E-state index in [-0.39, 0.29) is 11.0 Å². The molecule has 0 aliphatic heterocycles. The van der Waals surface area contributed by atoms with Crippen molar-refractivity contribution in [3.63, 3.8) is 0 Å². The fourth-order valence-electron chi connectivity index (χ4n) is 2.84. The number of ether oxygens (including phenoxy) is 1. The van der Waals surface area contributed by atoms with Crippen LogP contribution in [0, 0.1) is 47.4 Å². The van der Waals surface area contributed by atoms with Gasteiger partial charge < -0.3 is 4.74 Å². The normalized spacial score (nSPS) is 21.2. The monoisotopic (exact) mass is 450 g/mol. The summed E-state index contributed by atoms with van der Waals surface area (Å²) in [5.41, 5.74) is -2.93. The largest absolute Gasteiger partial charge is 0.460 e. The maximum absolute atomic E-state index is 13.8. The van der Waals surface area contributed by atoms with E-state index in [0.29, 0.717) is 6.08 Å². The van der Waals surface area contributed by atoms with Gasteiger partial charge in [0.2, 0.25) is 0 Å². The first-order chi connectivity index (χ1) is 12.2. The van der Waals surface area contributed by atoms with E-state index in [4.69, 9.17) is 16.3 Å². The molecule has 1 aliphatic rings. The van der Waals surface area contributed by atoms with Crippen molar-refractivity contribution in [2.45, 2.75) is 33.6 Å². The molecular formula is C17H18ClF7O2Si. The van der Waals surface area contributed by atoms with E-state index in [2.05, 4.69) is 0 Å². The molecule has 11 heteroatoms. The quantitative estimate of drug-likeness (QED) is 0.299. The van der Waals surface area contributed by atoms with Crippen LogP contribution in [0.5, 0.6) is 0 Å². The van der Waals surface area contributed by atoms with E-state index < -0.39 is 75.4 Å². The molecule has 1 aromatic rings. The van der Waals surface area contributed by atoms with Crippen molar-refractivity contribution in [3.05, 3.63) is 45.5 Å². The average molecular weight is 451 g/mol. The van der Waals surface area contributed by atoms with Crippen molar-refractivity contribution >= 4 is 28.5 Å². The number of alkyl halides is 3. The Hall–Kier alpha value is -1.55. The highest BCUT2D eigenvalue weighted by atomic mass is 35.5. The second kappa shape index (κ2) is 8.06. The van der Waals surface area contributed by atoms with Crippen LogP contribution >= 0.6 is 11.6 Å². The Morgan fingerprint density at radius 2 is 1.57 bits per heavy atom. The van der Waals surface area contributed by atoms with Gasteiger partial charge >= 0.3 is 12.1 Å². The third kappa shape index (κ3) is 4.37. The highest BCUT2D eigenvalue weighted by molar-refractivity contribution is 6.30. The minimum atomic E-state index is -4.78. The SMILES string of the molecule is Cc1c(F)c(F)c(COC(=O)C2C(/C=C(\Cl)C(F)(F)F)C2(C)C)c(F)c1F.[SiH4]. The van der Waals surface area contributed by atoms with E-state index in [9.17, 15) is 35.5 Å². The molecule has 1 fully saturated rings. The van der Waals surface area contributed by atoms with Gasteiger partial charge in [0.05, 0.1) is 11.5 Å². The number of hydrogen-bond donors (Lipinski definition) is 0. The predicted octanol–water partition coefficient (Wildman–Crippen LogP) is 4.10. The molecule has 28 heavy (non-hydrogen) atoms. The Kier molecular flexibility index (Phi) is 7.05. The van der Waals surface area contributed by atoms with Crippen LogP contribution in [0.2, 0.25) is 0 Å². The first kappa shape index (κ1) is 24.5. The van der Waals surface area contributed by atoms with Gasteiger partial charge in [-0.1, -0.05) is 31.5 Å². The Balaban J connectivity index is 0.00000392.